The van der Waals surface area contributed by atoms with Crippen LogP contribution in [-0.2, 0) is 11.2 Å². The molecule has 7 heteroatoms. The average Bonchev–Trinajstić information content (AvgIpc) is 3.26. The number of furan rings is 1. The normalized spacial score (nSPS) is 10.8. The molecule has 3 rings (SSSR count). The summed E-state index contributed by atoms with van der Waals surface area (Å²) < 4.78 is 9.88. The molecule has 128 valence electrons. The molecule has 0 aliphatic heterocycles. The number of nitrogens with one attached hydrogen (secondary N) is 1. The molecule has 0 aliphatic carbocycles. The predicted molar refractivity (Wildman–Crippen MR) is 89.5 cm³/mol. The molecule has 0 spiro atoms. The van der Waals surface area contributed by atoms with Crippen molar-refractivity contribution in [3.63, 3.8) is 0 Å². The van der Waals surface area contributed by atoms with E-state index in [9.17, 15) is 14.4 Å². The highest BCUT2D eigenvalue weighted by Crippen LogP contribution is 2.22. The fourth-order valence-corrected chi connectivity index (χ4v) is 2.59. The summed E-state index contributed by atoms with van der Waals surface area (Å²) in [7, 11) is 0. The van der Waals surface area contributed by atoms with Gasteiger partial charge in [0.15, 0.2) is 6.61 Å². The lowest BCUT2D eigenvalue weighted by molar-refractivity contribution is 0.0444. The lowest BCUT2D eigenvalue weighted by atomic mass is 10.1. The van der Waals surface area contributed by atoms with Crippen molar-refractivity contribution in [2.45, 2.75) is 13.3 Å². The Morgan fingerprint density at radius 3 is 2.76 bits per heavy atom. The molecule has 0 fully saturated rings. The number of esters is 1. The third kappa shape index (κ3) is 3.16. The van der Waals surface area contributed by atoms with Gasteiger partial charge in [0.2, 0.25) is 11.5 Å². The Balaban J connectivity index is 1.72. The van der Waals surface area contributed by atoms with Crippen molar-refractivity contribution >= 4 is 28.6 Å². The number of nitrogens with two attached hydrogens (primary N) is 1. The van der Waals surface area contributed by atoms with E-state index in [0.717, 1.165) is 29.2 Å². The molecule has 0 bridgehead atoms. The highest BCUT2D eigenvalue weighted by atomic mass is 16.5. The second-order valence-electron chi connectivity index (χ2n) is 5.46. The highest BCUT2D eigenvalue weighted by molar-refractivity contribution is 6.09. The minimum Gasteiger partial charge on any atom is -0.456 e. The number of primary amides is 1. The molecule has 2 aromatic heterocycles. The standard InChI is InChI=1S/C18H16N2O5/c1-2-10-4-3-5-12-13(7-20-16(10)12)14(21)9-25-18(23)15-6-11(8-24-15)17(19)22/h3-8,20H,2,9H2,1H3,(H2,19,22). The van der Waals surface area contributed by atoms with Crippen molar-refractivity contribution in [3.05, 3.63) is 59.2 Å². The van der Waals surface area contributed by atoms with Crippen LogP contribution in [-0.4, -0.2) is 29.3 Å². The number of aromatic nitrogens is 1. The summed E-state index contributed by atoms with van der Waals surface area (Å²) in [5, 5.41) is 0.786. The minimum atomic E-state index is -0.838. The van der Waals surface area contributed by atoms with Crippen LogP contribution in [0, 0.1) is 0 Å². The topological polar surface area (TPSA) is 115 Å². The van der Waals surface area contributed by atoms with E-state index >= 15 is 0 Å². The molecule has 1 amide bonds. The maximum absolute atomic E-state index is 12.4. The van der Waals surface area contributed by atoms with Gasteiger partial charge in [0.05, 0.1) is 5.56 Å². The number of H-pyrrole nitrogens is 1. The molecule has 2 heterocycles. The molecule has 3 N–H and O–H groups in total. The molecule has 7 nitrogen and oxygen atoms in total. The zero-order valence-corrected chi connectivity index (χ0v) is 13.5. The van der Waals surface area contributed by atoms with E-state index in [1.807, 2.05) is 25.1 Å². The maximum atomic E-state index is 12.4. The zero-order chi connectivity index (χ0) is 18.0. The van der Waals surface area contributed by atoms with E-state index in [-0.39, 0.29) is 17.1 Å². The van der Waals surface area contributed by atoms with Crippen molar-refractivity contribution in [3.8, 4) is 0 Å². The Kier molecular flexibility index (Phi) is 4.38. The number of ketones is 1. The second-order valence-corrected chi connectivity index (χ2v) is 5.46. The Morgan fingerprint density at radius 2 is 2.08 bits per heavy atom. The lowest BCUT2D eigenvalue weighted by Crippen LogP contribution is -2.14. The van der Waals surface area contributed by atoms with Gasteiger partial charge in [0, 0.05) is 28.7 Å². The average molecular weight is 340 g/mol. The van der Waals surface area contributed by atoms with Gasteiger partial charge in [-0.25, -0.2) is 4.79 Å². The van der Waals surface area contributed by atoms with Gasteiger partial charge in [0.1, 0.15) is 6.26 Å². The number of aromatic amines is 1. The molecule has 25 heavy (non-hydrogen) atoms. The smallest absolute Gasteiger partial charge is 0.374 e. The fraction of sp³-hybridized carbons (Fsp3) is 0.167. The van der Waals surface area contributed by atoms with Crippen molar-refractivity contribution in [1.82, 2.24) is 4.98 Å². The van der Waals surface area contributed by atoms with Crippen molar-refractivity contribution in [2.75, 3.05) is 6.61 Å². The molecule has 0 atom stereocenters. The number of ether oxygens (including phenoxy) is 1. The van der Waals surface area contributed by atoms with Crippen molar-refractivity contribution in [2.24, 2.45) is 5.73 Å². The molecule has 0 saturated heterocycles. The van der Waals surface area contributed by atoms with Gasteiger partial charge in [-0.15, -0.1) is 0 Å². The number of carbonyl (C=O) groups excluding carboxylic acids is 3. The van der Waals surface area contributed by atoms with Crippen LogP contribution in [0.1, 0.15) is 43.8 Å². The SMILES string of the molecule is CCc1cccc2c(C(=O)COC(=O)c3cc(C(N)=O)co3)c[nH]c12. The van der Waals surface area contributed by atoms with E-state index in [0.29, 0.717) is 5.56 Å². The molecular formula is C18H16N2O5. The number of hydrogen-bond acceptors (Lipinski definition) is 5. The predicted octanol–water partition coefficient (Wildman–Crippen LogP) is 2.46. The van der Waals surface area contributed by atoms with Gasteiger partial charge in [-0.05, 0) is 12.0 Å². The number of amides is 1. The Bertz CT molecular complexity index is 967. The van der Waals surface area contributed by atoms with E-state index in [1.165, 1.54) is 6.07 Å². The Hall–Kier alpha value is -3.35. The highest BCUT2D eigenvalue weighted by Gasteiger charge is 2.19. The zero-order valence-electron chi connectivity index (χ0n) is 13.5. The third-order valence-corrected chi connectivity index (χ3v) is 3.90. The first kappa shape index (κ1) is 16.5. The summed E-state index contributed by atoms with van der Waals surface area (Å²) in [5.74, 6) is -2.08. The van der Waals surface area contributed by atoms with Crippen molar-refractivity contribution < 1.29 is 23.5 Å². The number of benzene rings is 1. The summed E-state index contributed by atoms with van der Waals surface area (Å²) >= 11 is 0. The van der Waals surface area contributed by atoms with Crippen LogP contribution in [0.4, 0.5) is 0 Å². The summed E-state index contributed by atoms with van der Waals surface area (Å²) in [6.45, 7) is 1.59. The summed E-state index contributed by atoms with van der Waals surface area (Å²) in [4.78, 5) is 38.3. The van der Waals surface area contributed by atoms with Crippen LogP contribution >= 0.6 is 0 Å². The fourth-order valence-electron chi connectivity index (χ4n) is 2.59. The molecule has 3 aromatic rings. The van der Waals surface area contributed by atoms with E-state index in [2.05, 4.69) is 4.98 Å². The summed E-state index contributed by atoms with van der Waals surface area (Å²) in [6, 6.07) is 6.88. The number of aryl methyl sites for hydroxylation is 1. The van der Waals surface area contributed by atoms with Gasteiger partial charge >= 0.3 is 5.97 Å². The number of fused-ring (bicyclic) bond motifs is 1. The molecule has 0 saturated carbocycles. The third-order valence-electron chi connectivity index (χ3n) is 3.90. The number of rotatable bonds is 6. The number of para-hydroxylation sites is 1. The number of Topliss-reactive ketones (excluding diaryl/α,β-unsaturated/α-hetero) is 1. The van der Waals surface area contributed by atoms with Gasteiger partial charge in [-0.3, -0.25) is 9.59 Å². The van der Waals surface area contributed by atoms with Crippen LogP contribution in [0.3, 0.4) is 0 Å². The molecule has 0 unspecified atom stereocenters. The number of carbonyl (C=O) groups is 3. The van der Waals surface area contributed by atoms with E-state index in [1.54, 1.807) is 6.20 Å². The van der Waals surface area contributed by atoms with Gasteiger partial charge in [0.25, 0.3) is 5.91 Å². The number of hydrogen-bond donors (Lipinski definition) is 2. The minimum absolute atomic E-state index is 0.0574. The molecule has 0 aliphatic rings. The quantitative estimate of drug-likeness (QED) is 0.528. The molecular weight excluding hydrogens is 324 g/mol. The van der Waals surface area contributed by atoms with Gasteiger partial charge in [-0.2, -0.15) is 0 Å². The summed E-state index contributed by atoms with van der Waals surface area (Å²) in [6.07, 6.45) is 3.51. The van der Waals surface area contributed by atoms with Crippen LogP contribution in [0.25, 0.3) is 10.9 Å². The first-order valence-corrected chi connectivity index (χ1v) is 7.69. The van der Waals surface area contributed by atoms with E-state index < -0.39 is 18.5 Å². The monoisotopic (exact) mass is 340 g/mol. The van der Waals surface area contributed by atoms with Crippen molar-refractivity contribution in [1.29, 1.82) is 0 Å². The Morgan fingerprint density at radius 1 is 1.28 bits per heavy atom. The second kappa shape index (κ2) is 6.64. The lowest BCUT2D eigenvalue weighted by Gasteiger charge is -2.03. The first-order valence-electron chi connectivity index (χ1n) is 7.69. The van der Waals surface area contributed by atoms with E-state index in [4.69, 9.17) is 14.9 Å². The summed E-state index contributed by atoms with van der Waals surface area (Å²) in [5.41, 5.74) is 7.59. The first-order chi connectivity index (χ1) is 12.0. The van der Waals surface area contributed by atoms with Gasteiger partial charge < -0.3 is 19.9 Å². The van der Waals surface area contributed by atoms with Gasteiger partial charge in [-0.1, -0.05) is 25.1 Å². The maximum Gasteiger partial charge on any atom is 0.374 e. The van der Waals surface area contributed by atoms with Crippen LogP contribution < -0.4 is 5.73 Å². The van der Waals surface area contributed by atoms with Crippen LogP contribution in [0.5, 0.6) is 0 Å². The van der Waals surface area contributed by atoms with Crippen LogP contribution in [0.2, 0.25) is 0 Å². The van der Waals surface area contributed by atoms with Crippen LogP contribution in [0.15, 0.2) is 41.1 Å². The largest absolute Gasteiger partial charge is 0.456 e. The molecule has 1 aromatic carbocycles. The molecule has 0 radical (unpaired) electrons. The Labute approximate surface area is 142 Å².